The first-order valence-electron chi connectivity index (χ1n) is 5.71. The zero-order valence-electron chi connectivity index (χ0n) is 8.54. The van der Waals surface area contributed by atoms with E-state index in [1.807, 2.05) is 0 Å². The average molecular weight is 191 g/mol. The minimum Gasteiger partial charge on any atom is -0.493 e. The van der Waals surface area contributed by atoms with Gasteiger partial charge in [-0.2, -0.15) is 0 Å². The van der Waals surface area contributed by atoms with Gasteiger partial charge in [-0.3, -0.25) is 4.90 Å². The fourth-order valence-electron chi connectivity index (χ4n) is 2.87. The second kappa shape index (κ2) is 3.43. The Balaban J connectivity index is 1.91. The van der Waals surface area contributed by atoms with Crippen LogP contribution in [0.3, 0.4) is 0 Å². The van der Waals surface area contributed by atoms with Crippen LogP contribution in [0, 0.1) is 0 Å². The Bertz CT molecular complexity index is 293. The van der Waals surface area contributed by atoms with Crippen molar-refractivity contribution in [2.24, 2.45) is 0 Å². The van der Waals surface area contributed by atoms with E-state index >= 15 is 0 Å². The van der Waals surface area contributed by atoms with Crippen LogP contribution in [-0.4, -0.2) is 30.6 Å². The van der Waals surface area contributed by atoms with Gasteiger partial charge in [0.15, 0.2) is 0 Å². The highest BCUT2D eigenvalue weighted by molar-refractivity contribution is 5.33. The molecule has 0 bridgehead atoms. The third-order valence-corrected chi connectivity index (χ3v) is 3.57. The molecule has 2 nitrogen and oxygen atoms in total. The summed E-state index contributed by atoms with van der Waals surface area (Å²) in [7, 11) is 0. The molecule has 3 aliphatic rings. The van der Waals surface area contributed by atoms with Crippen molar-refractivity contribution in [2.75, 3.05) is 19.7 Å². The molecule has 1 saturated heterocycles. The minimum absolute atomic E-state index is 0.670. The smallest absolute Gasteiger partial charge is 0.106 e. The molecule has 0 amide bonds. The van der Waals surface area contributed by atoms with Crippen LogP contribution in [-0.2, 0) is 4.74 Å². The van der Waals surface area contributed by atoms with Crippen molar-refractivity contribution >= 4 is 0 Å². The average Bonchev–Trinajstić information content (AvgIpc) is 2.29. The van der Waals surface area contributed by atoms with Crippen molar-refractivity contribution in [1.29, 1.82) is 0 Å². The van der Waals surface area contributed by atoms with Gasteiger partial charge in [0.05, 0.1) is 0 Å². The predicted octanol–water partition coefficient (Wildman–Crippen LogP) is 2.09. The van der Waals surface area contributed by atoms with E-state index in [-0.39, 0.29) is 0 Å². The van der Waals surface area contributed by atoms with E-state index < -0.39 is 0 Å². The van der Waals surface area contributed by atoms with E-state index in [0.717, 1.165) is 13.0 Å². The van der Waals surface area contributed by atoms with E-state index in [0.29, 0.717) is 6.04 Å². The van der Waals surface area contributed by atoms with Crippen LogP contribution in [0.1, 0.15) is 25.7 Å². The van der Waals surface area contributed by atoms with Gasteiger partial charge in [0, 0.05) is 24.6 Å². The number of nitrogens with zero attached hydrogens (tertiary/aromatic N) is 1. The van der Waals surface area contributed by atoms with Crippen molar-refractivity contribution in [2.45, 2.75) is 31.7 Å². The third kappa shape index (κ3) is 1.29. The lowest BCUT2D eigenvalue weighted by atomic mass is 9.89. The molecule has 0 aliphatic carbocycles. The van der Waals surface area contributed by atoms with Crippen molar-refractivity contribution < 1.29 is 4.74 Å². The summed E-state index contributed by atoms with van der Waals surface area (Å²) in [4.78, 5) is 2.63. The zero-order chi connectivity index (χ0) is 9.38. The molecule has 0 radical (unpaired) electrons. The maximum absolute atomic E-state index is 5.70. The van der Waals surface area contributed by atoms with Gasteiger partial charge in [0.2, 0.25) is 0 Å². The highest BCUT2D eigenvalue weighted by Crippen LogP contribution is 2.33. The molecule has 0 saturated carbocycles. The lowest BCUT2D eigenvalue weighted by Crippen LogP contribution is -2.44. The van der Waals surface area contributed by atoms with Gasteiger partial charge in [0.25, 0.3) is 0 Å². The topological polar surface area (TPSA) is 12.5 Å². The molecule has 3 aliphatic heterocycles. The molecule has 3 heterocycles. The Morgan fingerprint density at radius 3 is 3.29 bits per heavy atom. The summed E-state index contributed by atoms with van der Waals surface area (Å²) in [6.07, 6.45) is 9.65. The number of ether oxygens (including phenoxy) is 1. The highest BCUT2D eigenvalue weighted by Gasteiger charge is 2.31. The monoisotopic (exact) mass is 191 g/mol. The van der Waals surface area contributed by atoms with Gasteiger partial charge in [0.1, 0.15) is 12.4 Å². The second-order valence-electron chi connectivity index (χ2n) is 4.39. The molecule has 1 fully saturated rings. The molecule has 2 heteroatoms. The molecule has 0 aromatic rings. The maximum atomic E-state index is 5.70. The summed E-state index contributed by atoms with van der Waals surface area (Å²) < 4.78 is 5.70. The molecule has 76 valence electrons. The van der Waals surface area contributed by atoms with Crippen molar-refractivity contribution in [3.8, 4) is 0 Å². The summed E-state index contributed by atoms with van der Waals surface area (Å²) in [6.45, 7) is 3.28. The van der Waals surface area contributed by atoms with Gasteiger partial charge >= 0.3 is 0 Å². The van der Waals surface area contributed by atoms with E-state index in [1.54, 1.807) is 0 Å². The molecule has 0 aromatic heterocycles. The summed E-state index contributed by atoms with van der Waals surface area (Å²) in [6, 6.07) is 0.670. The first-order chi connectivity index (χ1) is 6.95. The van der Waals surface area contributed by atoms with Crippen LogP contribution < -0.4 is 0 Å². The maximum Gasteiger partial charge on any atom is 0.106 e. The summed E-state index contributed by atoms with van der Waals surface area (Å²) in [5.74, 6) is 1.27. The number of hydrogen-bond acceptors (Lipinski definition) is 2. The SMILES string of the molecule is C1=CC2=C(CCN3CCCCC23)OC1. The van der Waals surface area contributed by atoms with Crippen molar-refractivity contribution in [1.82, 2.24) is 4.90 Å². The van der Waals surface area contributed by atoms with Crippen molar-refractivity contribution in [3.05, 3.63) is 23.5 Å². The zero-order valence-corrected chi connectivity index (χ0v) is 8.54. The molecule has 1 atom stereocenters. The van der Waals surface area contributed by atoms with Crippen LogP contribution in [0.5, 0.6) is 0 Å². The van der Waals surface area contributed by atoms with Crippen LogP contribution in [0.2, 0.25) is 0 Å². The number of hydrogen-bond donors (Lipinski definition) is 0. The molecular formula is C12H17NO. The van der Waals surface area contributed by atoms with E-state index in [2.05, 4.69) is 17.1 Å². The van der Waals surface area contributed by atoms with Crippen LogP contribution in [0.15, 0.2) is 23.5 Å². The molecule has 1 unspecified atom stereocenters. The fourth-order valence-corrected chi connectivity index (χ4v) is 2.87. The Morgan fingerprint density at radius 2 is 2.29 bits per heavy atom. The van der Waals surface area contributed by atoms with Gasteiger partial charge < -0.3 is 4.74 Å². The molecule has 3 rings (SSSR count). The Kier molecular flexibility index (Phi) is 2.09. The first kappa shape index (κ1) is 8.54. The predicted molar refractivity (Wildman–Crippen MR) is 55.9 cm³/mol. The molecule has 0 aromatic carbocycles. The normalized spacial score (nSPS) is 32.1. The fraction of sp³-hybridized carbons (Fsp3) is 0.667. The summed E-state index contributed by atoms with van der Waals surface area (Å²) in [5.41, 5.74) is 1.47. The third-order valence-electron chi connectivity index (χ3n) is 3.57. The van der Waals surface area contributed by atoms with Gasteiger partial charge in [-0.15, -0.1) is 0 Å². The number of rotatable bonds is 0. The summed E-state index contributed by atoms with van der Waals surface area (Å²) in [5, 5.41) is 0. The Morgan fingerprint density at radius 1 is 1.29 bits per heavy atom. The van der Waals surface area contributed by atoms with Crippen LogP contribution in [0.4, 0.5) is 0 Å². The van der Waals surface area contributed by atoms with Gasteiger partial charge in [-0.25, -0.2) is 0 Å². The molecular weight excluding hydrogens is 174 g/mol. The number of piperidine rings is 1. The minimum atomic E-state index is 0.670. The highest BCUT2D eigenvalue weighted by atomic mass is 16.5. The Hall–Kier alpha value is -0.760. The molecule has 0 N–H and O–H groups in total. The van der Waals surface area contributed by atoms with E-state index in [9.17, 15) is 0 Å². The first-order valence-corrected chi connectivity index (χ1v) is 5.71. The second-order valence-corrected chi connectivity index (χ2v) is 4.39. The van der Waals surface area contributed by atoms with Crippen molar-refractivity contribution in [3.63, 3.8) is 0 Å². The van der Waals surface area contributed by atoms with Crippen LogP contribution >= 0.6 is 0 Å². The Labute approximate surface area is 85.2 Å². The van der Waals surface area contributed by atoms with Crippen LogP contribution in [0.25, 0.3) is 0 Å². The summed E-state index contributed by atoms with van der Waals surface area (Å²) >= 11 is 0. The largest absolute Gasteiger partial charge is 0.493 e. The quantitative estimate of drug-likeness (QED) is 0.581. The lowest BCUT2D eigenvalue weighted by Gasteiger charge is -2.41. The number of fused-ring (bicyclic) bond motifs is 2. The van der Waals surface area contributed by atoms with Gasteiger partial charge in [-0.1, -0.05) is 12.5 Å². The lowest BCUT2D eigenvalue weighted by molar-refractivity contribution is 0.124. The standard InChI is InChI=1S/C12H17NO/c1-2-7-13-8-6-12-10(11(13)5-1)4-3-9-14-12/h3-4,11H,1-2,5-9H2. The molecule has 14 heavy (non-hydrogen) atoms. The van der Waals surface area contributed by atoms with E-state index in [1.165, 1.54) is 43.7 Å². The van der Waals surface area contributed by atoms with E-state index in [4.69, 9.17) is 4.74 Å². The van der Waals surface area contributed by atoms with Gasteiger partial charge in [-0.05, 0) is 25.5 Å². The molecule has 0 spiro atoms.